The summed E-state index contributed by atoms with van der Waals surface area (Å²) in [7, 11) is 0. The van der Waals surface area contributed by atoms with Crippen LogP contribution in [0, 0.1) is 5.41 Å². The Morgan fingerprint density at radius 3 is 2.50 bits per heavy atom. The molecule has 0 heterocycles. The smallest absolute Gasteiger partial charge is 0.0655 e. The van der Waals surface area contributed by atoms with Gasteiger partial charge in [-0.3, -0.25) is 0 Å². The Morgan fingerprint density at radius 1 is 1.19 bits per heavy atom. The predicted octanol–water partition coefficient (Wildman–Crippen LogP) is 3.36. The van der Waals surface area contributed by atoms with E-state index in [0.717, 1.165) is 13.2 Å². The van der Waals surface area contributed by atoms with Crippen molar-refractivity contribution in [3.8, 4) is 0 Å². The summed E-state index contributed by atoms with van der Waals surface area (Å²) in [6, 6.07) is 0.656. The molecular formula is C14H29NO. The summed E-state index contributed by atoms with van der Waals surface area (Å²) < 4.78 is 5.97. The fourth-order valence-electron chi connectivity index (χ4n) is 2.41. The van der Waals surface area contributed by atoms with Crippen molar-refractivity contribution in [1.29, 1.82) is 0 Å². The van der Waals surface area contributed by atoms with Crippen LogP contribution in [0.5, 0.6) is 0 Å². The van der Waals surface area contributed by atoms with Crippen LogP contribution in [0.3, 0.4) is 0 Å². The Balaban J connectivity index is 2.16. The van der Waals surface area contributed by atoms with E-state index in [1.807, 2.05) is 0 Å². The summed E-state index contributed by atoms with van der Waals surface area (Å²) in [4.78, 5) is 0. The van der Waals surface area contributed by atoms with Crippen LogP contribution in [0.15, 0.2) is 0 Å². The van der Waals surface area contributed by atoms with E-state index in [2.05, 4.69) is 33.0 Å². The van der Waals surface area contributed by atoms with E-state index in [-0.39, 0.29) is 0 Å². The summed E-state index contributed by atoms with van der Waals surface area (Å²) in [5, 5.41) is 3.61. The van der Waals surface area contributed by atoms with Crippen molar-refractivity contribution >= 4 is 0 Å². The van der Waals surface area contributed by atoms with Gasteiger partial charge < -0.3 is 10.1 Å². The molecule has 2 atom stereocenters. The Bertz CT molecular complexity index is 189. The fourth-order valence-corrected chi connectivity index (χ4v) is 2.41. The average molecular weight is 227 g/mol. The van der Waals surface area contributed by atoms with E-state index in [0.29, 0.717) is 17.6 Å². The largest absolute Gasteiger partial charge is 0.378 e. The summed E-state index contributed by atoms with van der Waals surface area (Å²) >= 11 is 0. The Hall–Kier alpha value is -0.0800. The SMILES string of the molecule is CCCCCOC1CC(NCCC)C1(C)C. The lowest BCUT2D eigenvalue weighted by Crippen LogP contribution is -2.61. The highest BCUT2D eigenvalue weighted by Crippen LogP contribution is 2.42. The van der Waals surface area contributed by atoms with Gasteiger partial charge in [-0.05, 0) is 25.8 Å². The molecule has 1 aliphatic rings. The van der Waals surface area contributed by atoms with Crippen molar-refractivity contribution in [3.63, 3.8) is 0 Å². The first-order chi connectivity index (χ1) is 7.62. The molecule has 96 valence electrons. The number of ether oxygens (including phenoxy) is 1. The fraction of sp³-hybridized carbons (Fsp3) is 1.00. The van der Waals surface area contributed by atoms with Crippen LogP contribution in [-0.2, 0) is 4.74 Å². The lowest BCUT2D eigenvalue weighted by molar-refractivity contribution is -0.118. The molecule has 0 radical (unpaired) electrons. The van der Waals surface area contributed by atoms with Crippen LogP contribution < -0.4 is 5.32 Å². The lowest BCUT2D eigenvalue weighted by Gasteiger charge is -2.52. The molecule has 1 saturated carbocycles. The normalized spacial score (nSPS) is 27.8. The van der Waals surface area contributed by atoms with Crippen molar-refractivity contribution in [3.05, 3.63) is 0 Å². The summed E-state index contributed by atoms with van der Waals surface area (Å²) in [5.74, 6) is 0. The molecule has 1 aliphatic carbocycles. The first-order valence-corrected chi connectivity index (χ1v) is 6.97. The average Bonchev–Trinajstić information content (AvgIpc) is 2.26. The third kappa shape index (κ3) is 3.46. The standard InChI is InChI=1S/C14H29NO/c1-5-7-8-10-16-13-11-12(14(13,3)4)15-9-6-2/h12-13,15H,5-11H2,1-4H3. The van der Waals surface area contributed by atoms with E-state index in [9.17, 15) is 0 Å². The van der Waals surface area contributed by atoms with E-state index in [1.54, 1.807) is 0 Å². The molecule has 0 aromatic carbocycles. The minimum atomic E-state index is 0.321. The summed E-state index contributed by atoms with van der Waals surface area (Å²) in [6.07, 6.45) is 6.67. The topological polar surface area (TPSA) is 21.3 Å². The van der Waals surface area contributed by atoms with E-state index in [4.69, 9.17) is 4.74 Å². The van der Waals surface area contributed by atoms with Crippen molar-refractivity contribution in [2.24, 2.45) is 5.41 Å². The molecule has 0 aromatic rings. The highest BCUT2D eigenvalue weighted by atomic mass is 16.5. The molecule has 0 bridgehead atoms. The minimum Gasteiger partial charge on any atom is -0.378 e. The van der Waals surface area contributed by atoms with Gasteiger partial charge in [0, 0.05) is 18.1 Å². The van der Waals surface area contributed by atoms with Gasteiger partial charge in [-0.1, -0.05) is 40.5 Å². The zero-order chi connectivity index (χ0) is 12.0. The third-order valence-electron chi connectivity index (χ3n) is 3.89. The molecular weight excluding hydrogens is 198 g/mol. The van der Waals surface area contributed by atoms with Gasteiger partial charge in [0.15, 0.2) is 0 Å². The van der Waals surface area contributed by atoms with E-state index in [1.165, 1.54) is 32.1 Å². The maximum Gasteiger partial charge on any atom is 0.0655 e. The van der Waals surface area contributed by atoms with Crippen LogP contribution in [-0.4, -0.2) is 25.3 Å². The second-order valence-electron chi connectivity index (χ2n) is 5.63. The molecule has 0 saturated heterocycles. The quantitative estimate of drug-likeness (QED) is 0.642. The Morgan fingerprint density at radius 2 is 1.94 bits per heavy atom. The molecule has 1 N–H and O–H groups in total. The predicted molar refractivity (Wildman–Crippen MR) is 69.7 cm³/mol. The molecule has 0 amide bonds. The van der Waals surface area contributed by atoms with Crippen molar-refractivity contribution in [2.75, 3.05) is 13.2 Å². The highest BCUT2D eigenvalue weighted by molar-refractivity contribution is 5.02. The number of hydrogen-bond donors (Lipinski definition) is 1. The van der Waals surface area contributed by atoms with Gasteiger partial charge in [0.05, 0.1) is 6.10 Å². The number of hydrogen-bond acceptors (Lipinski definition) is 2. The van der Waals surface area contributed by atoms with Gasteiger partial charge in [-0.25, -0.2) is 0 Å². The molecule has 2 nitrogen and oxygen atoms in total. The van der Waals surface area contributed by atoms with Crippen LogP contribution in [0.1, 0.15) is 59.8 Å². The number of unbranched alkanes of at least 4 members (excludes halogenated alkanes) is 2. The molecule has 2 unspecified atom stereocenters. The zero-order valence-electron chi connectivity index (χ0n) is 11.5. The third-order valence-corrected chi connectivity index (χ3v) is 3.89. The molecule has 1 rings (SSSR count). The van der Waals surface area contributed by atoms with Crippen molar-refractivity contribution in [2.45, 2.75) is 71.9 Å². The first kappa shape index (κ1) is 14.0. The van der Waals surface area contributed by atoms with Crippen LogP contribution >= 0.6 is 0 Å². The van der Waals surface area contributed by atoms with Gasteiger partial charge in [-0.15, -0.1) is 0 Å². The molecule has 16 heavy (non-hydrogen) atoms. The second-order valence-corrected chi connectivity index (χ2v) is 5.63. The molecule has 0 spiro atoms. The van der Waals surface area contributed by atoms with Gasteiger partial charge in [0.2, 0.25) is 0 Å². The molecule has 2 heteroatoms. The second kappa shape index (κ2) is 6.61. The zero-order valence-corrected chi connectivity index (χ0v) is 11.5. The lowest BCUT2D eigenvalue weighted by atomic mass is 9.64. The maximum atomic E-state index is 5.97. The molecule has 0 aliphatic heterocycles. The summed E-state index contributed by atoms with van der Waals surface area (Å²) in [6.45, 7) is 11.2. The van der Waals surface area contributed by atoms with Gasteiger partial charge in [-0.2, -0.15) is 0 Å². The Labute approximate surface area is 101 Å². The number of nitrogens with one attached hydrogen (secondary N) is 1. The maximum absolute atomic E-state index is 5.97. The van der Waals surface area contributed by atoms with Crippen molar-refractivity contribution < 1.29 is 4.74 Å². The van der Waals surface area contributed by atoms with Crippen LogP contribution in [0.25, 0.3) is 0 Å². The molecule has 1 fully saturated rings. The van der Waals surface area contributed by atoms with Crippen LogP contribution in [0.4, 0.5) is 0 Å². The van der Waals surface area contributed by atoms with Gasteiger partial charge in [0.25, 0.3) is 0 Å². The van der Waals surface area contributed by atoms with Crippen molar-refractivity contribution in [1.82, 2.24) is 5.32 Å². The van der Waals surface area contributed by atoms with E-state index < -0.39 is 0 Å². The summed E-state index contributed by atoms with van der Waals surface area (Å²) in [5.41, 5.74) is 0.321. The van der Waals surface area contributed by atoms with Gasteiger partial charge in [0.1, 0.15) is 0 Å². The monoisotopic (exact) mass is 227 g/mol. The van der Waals surface area contributed by atoms with Gasteiger partial charge >= 0.3 is 0 Å². The first-order valence-electron chi connectivity index (χ1n) is 6.97. The van der Waals surface area contributed by atoms with E-state index >= 15 is 0 Å². The number of rotatable bonds is 8. The highest BCUT2D eigenvalue weighted by Gasteiger charge is 2.48. The van der Waals surface area contributed by atoms with Crippen LogP contribution in [0.2, 0.25) is 0 Å². The minimum absolute atomic E-state index is 0.321. The Kier molecular flexibility index (Phi) is 5.77. The molecule has 0 aromatic heterocycles.